The molecule has 2 nitrogen and oxygen atoms in total. The molecule has 0 radical (unpaired) electrons. The number of ether oxygens (including phenoxy) is 1. The lowest BCUT2D eigenvalue weighted by atomic mass is 10.1. The Kier molecular flexibility index (Phi) is 4.90. The number of alkyl halides is 3. The van der Waals surface area contributed by atoms with E-state index in [4.69, 9.17) is 10.5 Å². The third-order valence-electron chi connectivity index (χ3n) is 2.95. The second kappa shape index (κ2) is 6.49. The van der Waals surface area contributed by atoms with E-state index in [1.165, 1.54) is 6.07 Å². The maximum Gasteiger partial charge on any atom is 0.416 e. The summed E-state index contributed by atoms with van der Waals surface area (Å²) in [6.45, 7) is 0.231. The van der Waals surface area contributed by atoms with Gasteiger partial charge in [-0.3, -0.25) is 0 Å². The highest BCUT2D eigenvalue weighted by Crippen LogP contribution is 2.32. The summed E-state index contributed by atoms with van der Waals surface area (Å²) in [6, 6.07) is 10.8. The van der Waals surface area contributed by atoms with Crippen molar-refractivity contribution in [1.82, 2.24) is 0 Å². The van der Waals surface area contributed by atoms with Crippen LogP contribution in [0.4, 0.5) is 13.2 Å². The lowest BCUT2D eigenvalue weighted by Crippen LogP contribution is -2.09. The van der Waals surface area contributed by atoms with Crippen molar-refractivity contribution in [3.8, 4) is 5.75 Å². The third-order valence-corrected chi connectivity index (χ3v) is 3.72. The number of halogens is 4. The minimum atomic E-state index is -4.38. The van der Waals surface area contributed by atoms with Gasteiger partial charge in [0.2, 0.25) is 0 Å². The Hall–Kier alpha value is -1.53. The molecule has 2 aromatic carbocycles. The molecule has 0 bridgehead atoms. The first-order valence-corrected chi connectivity index (χ1v) is 6.97. The lowest BCUT2D eigenvalue weighted by molar-refractivity contribution is -0.137. The fourth-order valence-electron chi connectivity index (χ4n) is 1.83. The molecule has 0 fully saturated rings. The Balaban J connectivity index is 2.19. The van der Waals surface area contributed by atoms with E-state index in [0.717, 1.165) is 22.2 Å². The summed E-state index contributed by atoms with van der Waals surface area (Å²) in [5.74, 6) is 0.362. The Morgan fingerprint density at radius 2 is 1.76 bits per heavy atom. The van der Waals surface area contributed by atoms with Crippen LogP contribution in [0.1, 0.15) is 16.7 Å². The highest BCUT2D eigenvalue weighted by molar-refractivity contribution is 9.10. The van der Waals surface area contributed by atoms with Crippen molar-refractivity contribution in [3.05, 3.63) is 63.6 Å². The van der Waals surface area contributed by atoms with Crippen LogP contribution >= 0.6 is 15.9 Å². The molecule has 2 rings (SSSR count). The van der Waals surface area contributed by atoms with Crippen molar-refractivity contribution >= 4 is 15.9 Å². The summed E-state index contributed by atoms with van der Waals surface area (Å²) in [7, 11) is 0. The number of nitrogens with two attached hydrogens (primary N) is 1. The van der Waals surface area contributed by atoms with Crippen molar-refractivity contribution in [3.63, 3.8) is 0 Å². The van der Waals surface area contributed by atoms with Crippen LogP contribution in [0.15, 0.2) is 46.9 Å². The fraction of sp³-hybridized carbons (Fsp3) is 0.200. The van der Waals surface area contributed by atoms with Gasteiger partial charge in [0.1, 0.15) is 12.4 Å². The minimum absolute atomic E-state index is 0.0186. The Bertz CT molecular complexity index is 629. The van der Waals surface area contributed by atoms with Gasteiger partial charge in [0.25, 0.3) is 0 Å². The highest BCUT2D eigenvalue weighted by Gasteiger charge is 2.31. The summed E-state index contributed by atoms with van der Waals surface area (Å²) in [6.07, 6.45) is -4.38. The van der Waals surface area contributed by atoms with E-state index in [1.54, 1.807) is 0 Å². The number of hydrogen-bond acceptors (Lipinski definition) is 2. The maximum absolute atomic E-state index is 12.7. The molecule has 0 heterocycles. The predicted molar refractivity (Wildman–Crippen MR) is 77.8 cm³/mol. The number of hydrogen-bond donors (Lipinski definition) is 1. The maximum atomic E-state index is 12.7. The molecule has 0 unspecified atom stereocenters. The van der Waals surface area contributed by atoms with Gasteiger partial charge in [0.05, 0.1) is 5.56 Å². The van der Waals surface area contributed by atoms with Crippen LogP contribution in [-0.4, -0.2) is 0 Å². The third kappa shape index (κ3) is 3.98. The second-order valence-electron chi connectivity index (χ2n) is 4.40. The molecule has 112 valence electrons. The zero-order valence-corrected chi connectivity index (χ0v) is 12.5. The molecule has 0 aromatic heterocycles. The van der Waals surface area contributed by atoms with Gasteiger partial charge in [-0.05, 0) is 24.3 Å². The Labute approximate surface area is 128 Å². The SMILES string of the molecule is NCc1cc(C(F)(F)F)ccc1OCc1ccccc1Br. The fourth-order valence-corrected chi connectivity index (χ4v) is 2.23. The van der Waals surface area contributed by atoms with Gasteiger partial charge in [-0.1, -0.05) is 34.1 Å². The van der Waals surface area contributed by atoms with Crippen LogP contribution in [0.2, 0.25) is 0 Å². The van der Waals surface area contributed by atoms with Crippen molar-refractivity contribution in [2.75, 3.05) is 0 Å². The summed E-state index contributed by atoms with van der Waals surface area (Å²) >= 11 is 3.39. The zero-order chi connectivity index (χ0) is 15.5. The molecular weight excluding hydrogens is 347 g/mol. The van der Waals surface area contributed by atoms with Gasteiger partial charge in [-0.2, -0.15) is 13.2 Å². The first-order valence-electron chi connectivity index (χ1n) is 6.18. The standard InChI is InChI=1S/C15H13BrF3NO/c16-13-4-2-1-3-10(13)9-21-14-6-5-12(15(17,18)19)7-11(14)8-20/h1-7H,8-9,20H2. The van der Waals surface area contributed by atoms with Gasteiger partial charge in [0, 0.05) is 22.1 Å². The van der Waals surface area contributed by atoms with Crippen molar-refractivity contribution in [1.29, 1.82) is 0 Å². The van der Waals surface area contributed by atoms with Gasteiger partial charge in [0.15, 0.2) is 0 Å². The van der Waals surface area contributed by atoms with E-state index in [0.29, 0.717) is 11.3 Å². The zero-order valence-electron chi connectivity index (χ0n) is 11.0. The molecule has 21 heavy (non-hydrogen) atoms. The van der Waals surface area contributed by atoms with Crippen LogP contribution < -0.4 is 10.5 Å². The van der Waals surface area contributed by atoms with E-state index < -0.39 is 11.7 Å². The molecule has 0 saturated carbocycles. The highest BCUT2D eigenvalue weighted by atomic mass is 79.9. The first kappa shape index (κ1) is 15.9. The first-order chi connectivity index (χ1) is 9.91. The average molecular weight is 360 g/mol. The topological polar surface area (TPSA) is 35.2 Å². The molecule has 0 amide bonds. The Morgan fingerprint density at radius 1 is 1.05 bits per heavy atom. The Morgan fingerprint density at radius 3 is 2.38 bits per heavy atom. The molecular formula is C15H13BrF3NO. The monoisotopic (exact) mass is 359 g/mol. The van der Waals surface area contributed by atoms with E-state index in [9.17, 15) is 13.2 Å². The van der Waals surface area contributed by atoms with E-state index in [1.807, 2.05) is 24.3 Å². The van der Waals surface area contributed by atoms with Crippen LogP contribution in [0, 0.1) is 0 Å². The predicted octanol–water partition coefficient (Wildman–Crippen LogP) is 4.51. The average Bonchev–Trinajstić information content (AvgIpc) is 2.45. The summed E-state index contributed by atoms with van der Waals surface area (Å²) in [5, 5.41) is 0. The molecule has 0 atom stereocenters. The van der Waals surface area contributed by atoms with Crippen molar-refractivity contribution in [2.45, 2.75) is 19.3 Å². The van der Waals surface area contributed by atoms with Crippen LogP contribution in [-0.2, 0) is 19.3 Å². The summed E-state index contributed by atoms with van der Waals surface area (Å²) < 4.78 is 44.4. The quantitative estimate of drug-likeness (QED) is 0.871. The molecule has 0 aliphatic rings. The molecule has 0 aliphatic heterocycles. The molecule has 0 spiro atoms. The largest absolute Gasteiger partial charge is 0.489 e. The van der Waals surface area contributed by atoms with Gasteiger partial charge >= 0.3 is 6.18 Å². The second-order valence-corrected chi connectivity index (χ2v) is 5.26. The van der Waals surface area contributed by atoms with Crippen molar-refractivity contribution < 1.29 is 17.9 Å². The molecule has 2 aromatic rings. The summed E-state index contributed by atoms with van der Waals surface area (Å²) in [4.78, 5) is 0. The van der Waals surface area contributed by atoms with Crippen LogP contribution in [0.3, 0.4) is 0 Å². The molecule has 6 heteroatoms. The van der Waals surface area contributed by atoms with E-state index >= 15 is 0 Å². The van der Waals surface area contributed by atoms with E-state index in [-0.39, 0.29) is 13.2 Å². The van der Waals surface area contributed by atoms with Gasteiger partial charge in [-0.25, -0.2) is 0 Å². The summed E-state index contributed by atoms with van der Waals surface area (Å²) in [5.41, 5.74) is 6.01. The molecule has 0 aliphatic carbocycles. The van der Waals surface area contributed by atoms with E-state index in [2.05, 4.69) is 15.9 Å². The normalized spacial score (nSPS) is 11.5. The van der Waals surface area contributed by atoms with Gasteiger partial charge in [-0.15, -0.1) is 0 Å². The molecule has 0 saturated heterocycles. The van der Waals surface area contributed by atoms with Crippen LogP contribution in [0.5, 0.6) is 5.75 Å². The smallest absolute Gasteiger partial charge is 0.416 e. The minimum Gasteiger partial charge on any atom is -0.489 e. The van der Waals surface area contributed by atoms with Crippen molar-refractivity contribution in [2.24, 2.45) is 5.73 Å². The lowest BCUT2D eigenvalue weighted by Gasteiger charge is -2.14. The van der Waals surface area contributed by atoms with Crippen LogP contribution in [0.25, 0.3) is 0 Å². The number of rotatable bonds is 4. The molecule has 2 N–H and O–H groups in total. The number of benzene rings is 2. The van der Waals surface area contributed by atoms with Gasteiger partial charge < -0.3 is 10.5 Å².